The molecule has 1 aromatic rings. The minimum atomic E-state index is -0.906. The molecule has 1 saturated heterocycles. The van der Waals surface area contributed by atoms with Gasteiger partial charge in [-0.2, -0.15) is 0 Å². The van der Waals surface area contributed by atoms with Gasteiger partial charge in [-0.15, -0.1) is 0 Å². The molecule has 0 unspecified atom stereocenters. The van der Waals surface area contributed by atoms with Crippen LogP contribution in [0.25, 0.3) is 0 Å². The van der Waals surface area contributed by atoms with Gasteiger partial charge in [0.2, 0.25) is 5.91 Å². The van der Waals surface area contributed by atoms with Crippen LogP contribution < -0.4 is 4.90 Å². The number of carbonyl (C=O) groups excluding carboxylic acids is 1. The minimum Gasteiger partial charge on any atom is -0.478 e. The van der Waals surface area contributed by atoms with E-state index in [0.717, 1.165) is 30.8 Å². The summed E-state index contributed by atoms with van der Waals surface area (Å²) in [6.45, 7) is 6.28. The first-order chi connectivity index (χ1) is 9.49. The Balaban J connectivity index is 2.23. The summed E-state index contributed by atoms with van der Waals surface area (Å²) in [7, 11) is 0. The molecule has 0 atom stereocenters. The van der Waals surface area contributed by atoms with Crippen molar-refractivity contribution in [1.82, 2.24) is 4.90 Å². The van der Waals surface area contributed by atoms with E-state index >= 15 is 0 Å². The fourth-order valence-corrected chi connectivity index (χ4v) is 2.57. The molecule has 0 aliphatic carbocycles. The number of amides is 1. The predicted molar refractivity (Wildman–Crippen MR) is 77.2 cm³/mol. The number of carbonyl (C=O) groups is 2. The van der Waals surface area contributed by atoms with Crippen LogP contribution in [0.15, 0.2) is 18.2 Å². The van der Waals surface area contributed by atoms with Crippen molar-refractivity contribution >= 4 is 17.6 Å². The summed E-state index contributed by atoms with van der Waals surface area (Å²) >= 11 is 0. The molecule has 0 spiro atoms. The van der Waals surface area contributed by atoms with Gasteiger partial charge >= 0.3 is 5.97 Å². The molecule has 0 aromatic heterocycles. The zero-order chi connectivity index (χ0) is 14.7. The number of benzene rings is 1. The van der Waals surface area contributed by atoms with Gasteiger partial charge in [0, 0.05) is 33.1 Å². The molecule has 20 heavy (non-hydrogen) atoms. The molecule has 1 fully saturated rings. The van der Waals surface area contributed by atoms with E-state index in [1.807, 2.05) is 24.0 Å². The van der Waals surface area contributed by atoms with Crippen molar-refractivity contribution in [2.45, 2.75) is 20.3 Å². The fraction of sp³-hybridized carbons (Fsp3) is 0.467. The topological polar surface area (TPSA) is 60.9 Å². The third kappa shape index (κ3) is 3.10. The van der Waals surface area contributed by atoms with Crippen molar-refractivity contribution in [3.63, 3.8) is 0 Å². The average molecular weight is 276 g/mol. The van der Waals surface area contributed by atoms with Gasteiger partial charge in [0.1, 0.15) is 0 Å². The number of carboxylic acid groups (broad SMARTS) is 1. The number of rotatable bonds is 2. The number of anilines is 1. The van der Waals surface area contributed by atoms with Crippen LogP contribution in [0.2, 0.25) is 0 Å². The Morgan fingerprint density at radius 1 is 1.15 bits per heavy atom. The standard InChI is InChI=1S/C15H20N2O3/c1-11-4-5-14(13(10-11)15(19)20)17-7-3-6-16(8-9-17)12(2)18/h4-5,10H,3,6-9H2,1-2H3,(H,19,20). The second-order valence-corrected chi connectivity index (χ2v) is 5.17. The summed E-state index contributed by atoms with van der Waals surface area (Å²) in [6, 6.07) is 5.49. The van der Waals surface area contributed by atoms with E-state index in [9.17, 15) is 14.7 Å². The second kappa shape index (κ2) is 5.94. The SMILES string of the molecule is CC(=O)N1CCCN(c2ccc(C)cc2C(=O)O)CC1. The van der Waals surface area contributed by atoms with Crippen LogP contribution in [-0.2, 0) is 4.79 Å². The third-order valence-electron chi connectivity index (χ3n) is 3.66. The second-order valence-electron chi connectivity index (χ2n) is 5.17. The maximum Gasteiger partial charge on any atom is 0.337 e. The van der Waals surface area contributed by atoms with Gasteiger partial charge in [-0.05, 0) is 25.5 Å². The molecule has 108 valence electrons. The molecule has 0 bridgehead atoms. The molecule has 1 aromatic carbocycles. The van der Waals surface area contributed by atoms with Crippen LogP contribution in [0.3, 0.4) is 0 Å². The molecule has 2 rings (SSSR count). The Hall–Kier alpha value is -2.04. The van der Waals surface area contributed by atoms with Crippen LogP contribution in [0.5, 0.6) is 0 Å². The highest BCUT2D eigenvalue weighted by atomic mass is 16.4. The van der Waals surface area contributed by atoms with Gasteiger partial charge in [-0.1, -0.05) is 11.6 Å². The summed E-state index contributed by atoms with van der Waals surface area (Å²) in [5.41, 5.74) is 2.01. The van der Waals surface area contributed by atoms with Gasteiger partial charge in [-0.3, -0.25) is 4.79 Å². The highest BCUT2D eigenvalue weighted by molar-refractivity contribution is 5.94. The molecule has 5 nitrogen and oxygen atoms in total. The van der Waals surface area contributed by atoms with Crippen LogP contribution in [0.1, 0.15) is 29.3 Å². The maximum absolute atomic E-state index is 11.4. The molecule has 1 aliphatic rings. The van der Waals surface area contributed by atoms with Gasteiger partial charge in [-0.25, -0.2) is 4.79 Å². The first-order valence-corrected chi connectivity index (χ1v) is 6.83. The average Bonchev–Trinajstić information content (AvgIpc) is 2.64. The quantitative estimate of drug-likeness (QED) is 0.894. The van der Waals surface area contributed by atoms with Gasteiger partial charge in [0.15, 0.2) is 0 Å². The van der Waals surface area contributed by atoms with Gasteiger partial charge in [0.25, 0.3) is 0 Å². The lowest BCUT2D eigenvalue weighted by Crippen LogP contribution is -2.34. The highest BCUT2D eigenvalue weighted by Crippen LogP contribution is 2.23. The number of hydrogen-bond donors (Lipinski definition) is 1. The Morgan fingerprint density at radius 3 is 2.55 bits per heavy atom. The monoisotopic (exact) mass is 276 g/mol. The first-order valence-electron chi connectivity index (χ1n) is 6.83. The van der Waals surface area contributed by atoms with E-state index in [0.29, 0.717) is 18.7 Å². The highest BCUT2D eigenvalue weighted by Gasteiger charge is 2.20. The van der Waals surface area contributed by atoms with Crippen molar-refractivity contribution in [3.8, 4) is 0 Å². The zero-order valence-electron chi connectivity index (χ0n) is 11.9. The summed E-state index contributed by atoms with van der Waals surface area (Å²) in [6.07, 6.45) is 0.854. The normalized spacial score (nSPS) is 15.9. The van der Waals surface area contributed by atoms with Crippen LogP contribution in [-0.4, -0.2) is 48.1 Å². The number of carboxylic acids is 1. The smallest absolute Gasteiger partial charge is 0.337 e. The Morgan fingerprint density at radius 2 is 1.90 bits per heavy atom. The number of hydrogen-bond acceptors (Lipinski definition) is 3. The van der Waals surface area contributed by atoms with Gasteiger partial charge < -0.3 is 14.9 Å². The summed E-state index contributed by atoms with van der Waals surface area (Å²) in [5.74, 6) is -0.828. The molecule has 0 radical (unpaired) electrons. The molecular formula is C15H20N2O3. The van der Waals surface area contributed by atoms with Crippen LogP contribution >= 0.6 is 0 Å². The predicted octanol–water partition coefficient (Wildman–Crippen LogP) is 1.75. The first kappa shape index (κ1) is 14.4. The van der Waals surface area contributed by atoms with Gasteiger partial charge in [0.05, 0.1) is 11.3 Å². The Bertz CT molecular complexity index is 528. The lowest BCUT2D eigenvalue weighted by atomic mass is 10.1. The molecular weight excluding hydrogens is 256 g/mol. The minimum absolute atomic E-state index is 0.0780. The summed E-state index contributed by atoms with van der Waals surface area (Å²) in [4.78, 5) is 26.7. The third-order valence-corrected chi connectivity index (χ3v) is 3.66. The van der Waals surface area contributed by atoms with Crippen molar-refractivity contribution in [2.75, 3.05) is 31.1 Å². The van der Waals surface area contributed by atoms with Crippen molar-refractivity contribution in [1.29, 1.82) is 0 Å². The van der Waals surface area contributed by atoms with E-state index in [-0.39, 0.29) is 5.91 Å². The maximum atomic E-state index is 11.4. The lowest BCUT2D eigenvalue weighted by Gasteiger charge is -2.25. The largest absolute Gasteiger partial charge is 0.478 e. The number of aryl methyl sites for hydroxylation is 1. The van der Waals surface area contributed by atoms with Crippen molar-refractivity contribution in [2.24, 2.45) is 0 Å². The van der Waals surface area contributed by atoms with E-state index in [4.69, 9.17) is 0 Å². The summed E-state index contributed by atoms with van der Waals surface area (Å²) < 4.78 is 0. The Kier molecular flexibility index (Phi) is 4.27. The Labute approximate surface area is 118 Å². The van der Waals surface area contributed by atoms with E-state index in [1.54, 1.807) is 13.0 Å². The fourth-order valence-electron chi connectivity index (χ4n) is 2.57. The van der Waals surface area contributed by atoms with Crippen molar-refractivity contribution < 1.29 is 14.7 Å². The molecule has 0 saturated carbocycles. The van der Waals surface area contributed by atoms with E-state index in [1.165, 1.54) is 0 Å². The van der Waals surface area contributed by atoms with E-state index < -0.39 is 5.97 Å². The molecule has 5 heteroatoms. The van der Waals surface area contributed by atoms with E-state index in [2.05, 4.69) is 4.90 Å². The molecule has 1 amide bonds. The number of aromatic carboxylic acids is 1. The summed E-state index contributed by atoms with van der Waals surface area (Å²) in [5, 5.41) is 9.34. The lowest BCUT2D eigenvalue weighted by molar-refractivity contribution is -0.128. The molecule has 1 N–H and O–H groups in total. The zero-order valence-corrected chi connectivity index (χ0v) is 11.9. The van der Waals surface area contributed by atoms with Crippen LogP contribution in [0.4, 0.5) is 5.69 Å². The molecule has 1 aliphatic heterocycles. The van der Waals surface area contributed by atoms with Crippen molar-refractivity contribution in [3.05, 3.63) is 29.3 Å². The molecule has 1 heterocycles. The number of nitrogens with zero attached hydrogens (tertiary/aromatic N) is 2. The van der Waals surface area contributed by atoms with Crippen LogP contribution in [0, 0.1) is 6.92 Å².